The Morgan fingerprint density at radius 1 is 1.15 bits per heavy atom. The highest BCUT2D eigenvalue weighted by atomic mass is 32.1. The van der Waals surface area contributed by atoms with Gasteiger partial charge < -0.3 is 9.84 Å². The number of carbonyl (C=O) groups excluding carboxylic acids is 1. The first-order valence-electron chi connectivity index (χ1n) is 8.28. The highest BCUT2D eigenvalue weighted by molar-refractivity contribution is 7.11. The second kappa shape index (κ2) is 6.72. The van der Waals surface area contributed by atoms with Crippen LogP contribution in [-0.2, 0) is 6.54 Å². The first kappa shape index (κ1) is 16.5. The molecule has 0 aliphatic rings. The van der Waals surface area contributed by atoms with Gasteiger partial charge in [-0.15, -0.1) is 11.3 Å². The van der Waals surface area contributed by atoms with E-state index in [0.717, 1.165) is 32.0 Å². The number of amides is 1. The van der Waals surface area contributed by atoms with Gasteiger partial charge in [-0.3, -0.25) is 4.79 Å². The largest absolute Gasteiger partial charge is 0.355 e. The molecule has 4 aromatic rings. The Balaban J connectivity index is 1.60. The molecule has 5 nitrogen and oxygen atoms in total. The number of benzene rings is 2. The van der Waals surface area contributed by atoms with Gasteiger partial charge >= 0.3 is 0 Å². The summed E-state index contributed by atoms with van der Waals surface area (Å²) in [4.78, 5) is 18.0. The van der Waals surface area contributed by atoms with Crippen LogP contribution in [0.25, 0.3) is 22.2 Å². The van der Waals surface area contributed by atoms with E-state index in [2.05, 4.69) is 15.5 Å². The Kier molecular flexibility index (Phi) is 4.26. The van der Waals surface area contributed by atoms with Crippen LogP contribution in [0.2, 0.25) is 0 Å². The van der Waals surface area contributed by atoms with Gasteiger partial charge in [0.2, 0.25) is 0 Å². The summed E-state index contributed by atoms with van der Waals surface area (Å²) < 4.78 is 5.50. The van der Waals surface area contributed by atoms with Crippen molar-refractivity contribution in [2.45, 2.75) is 20.4 Å². The predicted octanol–water partition coefficient (Wildman–Crippen LogP) is 4.50. The quantitative estimate of drug-likeness (QED) is 0.580. The lowest BCUT2D eigenvalue weighted by Gasteiger charge is -2.04. The minimum Gasteiger partial charge on any atom is -0.355 e. The third-order valence-corrected chi connectivity index (χ3v) is 5.26. The molecule has 0 atom stereocenters. The van der Waals surface area contributed by atoms with Crippen molar-refractivity contribution < 1.29 is 9.32 Å². The number of aryl methyl sites for hydroxylation is 2. The van der Waals surface area contributed by atoms with Crippen LogP contribution in [0.15, 0.2) is 53.1 Å². The fourth-order valence-corrected chi connectivity index (χ4v) is 3.76. The van der Waals surface area contributed by atoms with Gasteiger partial charge in [-0.2, -0.15) is 0 Å². The number of hydrogen-bond donors (Lipinski definition) is 1. The molecule has 4 rings (SSSR count). The van der Waals surface area contributed by atoms with Crippen molar-refractivity contribution in [1.29, 1.82) is 0 Å². The standard InChI is InChI=1S/C20H17N3O2S/c1-12-18(26-13(2)22-12)11-21-20(24)15-8-9-17-16(10-15)19(25-23-17)14-6-4-3-5-7-14/h3-10H,11H2,1-2H3,(H,21,24). The van der Waals surface area contributed by atoms with Crippen LogP contribution in [-0.4, -0.2) is 16.0 Å². The fraction of sp³-hybridized carbons (Fsp3) is 0.150. The molecule has 0 spiro atoms. The molecule has 130 valence electrons. The highest BCUT2D eigenvalue weighted by Gasteiger charge is 2.14. The number of nitrogens with one attached hydrogen (secondary N) is 1. The van der Waals surface area contributed by atoms with Crippen LogP contribution in [0.3, 0.4) is 0 Å². The number of fused-ring (bicyclic) bond motifs is 1. The summed E-state index contributed by atoms with van der Waals surface area (Å²) in [6.07, 6.45) is 0. The summed E-state index contributed by atoms with van der Waals surface area (Å²) >= 11 is 1.60. The molecule has 0 saturated heterocycles. The number of aromatic nitrogens is 2. The van der Waals surface area contributed by atoms with Gasteiger partial charge in [0.05, 0.1) is 22.6 Å². The van der Waals surface area contributed by atoms with Gasteiger partial charge in [-0.25, -0.2) is 4.98 Å². The van der Waals surface area contributed by atoms with Crippen molar-refractivity contribution >= 4 is 28.1 Å². The van der Waals surface area contributed by atoms with Crippen molar-refractivity contribution in [3.8, 4) is 11.3 Å². The Morgan fingerprint density at radius 3 is 2.69 bits per heavy atom. The lowest BCUT2D eigenvalue weighted by Crippen LogP contribution is -2.22. The maximum atomic E-state index is 12.6. The van der Waals surface area contributed by atoms with Gasteiger partial charge in [0.25, 0.3) is 5.91 Å². The Bertz CT molecular complexity index is 1080. The minimum atomic E-state index is -0.127. The predicted molar refractivity (Wildman–Crippen MR) is 102 cm³/mol. The number of nitrogens with zero attached hydrogens (tertiary/aromatic N) is 2. The smallest absolute Gasteiger partial charge is 0.251 e. The Morgan fingerprint density at radius 2 is 1.96 bits per heavy atom. The van der Waals surface area contributed by atoms with E-state index in [1.54, 1.807) is 17.4 Å². The molecule has 1 N–H and O–H groups in total. The second-order valence-corrected chi connectivity index (χ2v) is 7.32. The molecule has 0 unspecified atom stereocenters. The van der Waals surface area contributed by atoms with Gasteiger partial charge in [-0.1, -0.05) is 35.5 Å². The highest BCUT2D eigenvalue weighted by Crippen LogP contribution is 2.29. The molecule has 0 bridgehead atoms. The SMILES string of the molecule is Cc1nc(C)c(CNC(=O)c2ccc3noc(-c4ccccc4)c3c2)s1. The van der Waals surface area contributed by atoms with Crippen LogP contribution >= 0.6 is 11.3 Å². The molecule has 26 heavy (non-hydrogen) atoms. The van der Waals surface area contributed by atoms with E-state index in [4.69, 9.17) is 4.52 Å². The first-order valence-corrected chi connectivity index (χ1v) is 9.09. The third-order valence-electron chi connectivity index (χ3n) is 4.18. The maximum absolute atomic E-state index is 12.6. The van der Waals surface area contributed by atoms with E-state index in [1.807, 2.05) is 56.3 Å². The van der Waals surface area contributed by atoms with Gasteiger partial charge in [-0.05, 0) is 32.0 Å². The molecule has 0 radical (unpaired) electrons. The van der Waals surface area contributed by atoms with E-state index < -0.39 is 0 Å². The molecule has 2 aromatic heterocycles. The zero-order chi connectivity index (χ0) is 18.1. The third kappa shape index (κ3) is 3.11. The molecule has 6 heteroatoms. The molecule has 0 aliphatic heterocycles. The van der Waals surface area contributed by atoms with E-state index in [-0.39, 0.29) is 5.91 Å². The van der Waals surface area contributed by atoms with Gasteiger partial charge in [0, 0.05) is 16.0 Å². The van der Waals surface area contributed by atoms with E-state index in [0.29, 0.717) is 17.9 Å². The number of thiazole rings is 1. The van der Waals surface area contributed by atoms with E-state index >= 15 is 0 Å². The molecule has 0 fully saturated rings. The summed E-state index contributed by atoms with van der Waals surface area (Å²) in [6, 6.07) is 15.2. The molecule has 0 saturated carbocycles. The Labute approximate surface area is 154 Å². The summed E-state index contributed by atoms with van der Waals surface area (Å²) in [6.45, 7) is 4.40. The van der Waals surface area contributed by atoms with Crippen molar-refractivity contribution in [3.05, 3.63) is 69.7 Å². The monoisotopic (exact) mass is 363 g/mol. The van der Waals surface area contributed by atoms with E-state index in [1.165, 1.54) is 0 Å². The summed E-state index contributed by atoms with van der Waals surface area (Å²) in [7, 11) is 0. The first-order chi connectivity index (χ1) is 12.6. The Hall–Kier alpha value is -2.99. The van der Waals surface area contributed by atoms with E-state index in [9.17, 15) is 4.79 Å². The van der Waals surface area contributed by atoms with Crippen molar-refractivity contribution in [2.75, 3.05) is 0 Å². The summed E-state index contributed by atoms with van der Waals surface area (Å²) in [5, 5.41) is 8.89. The van der Waals surface area contributed by atoms with Crippen molar-refractivity contribution in [1.82, 2.24) is 15.5 Å². The molecular formula is C20H17N3O2S. The number of rotatable bonds is 4. The van der Waals surface area contributed by atoms with Crippen LogP contribution in [0.5, 0.6) is 0 Å². The lowest BCUT2D eigenvalue weighted by atomic mass is 10.1. The van der Waals surface area contributed by atoms with Crippen LogP contribution < -0.4 is 5.32 Å². The van der Waals surface area contributed by atoms with Crippen molar-refractivity contribution in [2.24, 2.45) is 0 Å². The zero-order valence-corrected chi connectivity index (χ0v) is 15.3. The van der Waals surface area contributed by atoms with Gasteiger partial charge in [0.15, 0.2) is 5.76 Å². The lowest BCUT2D eigenvalue weighted by molar-refractivity contribution is 0.0951. The maximum Gasteiger partial charge on any atom is 0.251 e. The molecule has 1 amide bonds. The molecular weight excluding hydrogens is 346 g/mol. The zero-order valence-electron chi connectivity index (χ0n) is 14.4. The van der Waals surface area contributed by atoms with Crippen LogP contribution in [0.1, 0.15) is 25.9 Å². The second-order valence-electron chi connectivity index (χ2n) is 6.03. The summed E-state index contributed by atoms with van der Waals surface area (Å²) in [5.74, 6) is 0.543. The van der Waals surface area contributed by atoms with Gasteiger partial charge in [0.1, 0.15) is 5.52 Å². The topological polar surface area (TPSA) is 68.0 Å². The average Bonchev–Trinajstić information content (AvgIpc) is 3.22. The van der Waals surface area contributed by atoms with Crippen LogP contribution in [0, 0.1) is 13.8 Å². The van der Waals surface area contributed by atoms with Crippen molar-refractivity contribution in [3.63, 3.8) is 0 Å². The molecule has 0 aliphatic carbocycles. The normalized spacial score (nSPS) is 11.0. The number of carbonyl (C=O) groups is 1. The molecule has 2 heterocycles. The van der Waals surface area contributed by atoms with Crippen LogP contribution in [0.4, 0.5) is 0 Å². The molecule has 2 aromatic carbocycles. The average molecular weight is 363 g/mol. The summed E-state index contributed by atoms with van der Waals surface area (Å²) in [5.41, 5.74) is 3.21. The fourth-order valence-electron chi connectivity index (χ4n) is 2.88. The minimum absolute atomic E-state index is 0.127. The number of hydrogen-bond acceptors (Lipinski definition) is 5.